The van der Waals surface area contributed by atoms with Gasteiger partial charge in [0, 0.05) is 6.54 Å². The molecule has 2 rings (SSSR count). The van der Waals surface area contributed by atoms with Crippen LogP contribution in [-0.4, -0.2) is 17.6 Å². The van der Waals surface area contributed by atoms with Gasteiger partial charge in [0.05, 0.1) is 5.41 Å². The molecule has 1 spiro atoms. The second kappa shape index (κ2) is 3.78. The molecule has 0 aromatic rings. The predicted octanol–water partition coefficient (Wildman–Crippen LogP) is 2.15. The highest BCUT2D eigenvalue weighted by molar-refractivity contribution is 5.80. The van der Waals surface area contributed by atoms with Crippen LogP contribution in [-0.2, 0) is 4.79 Å². The van der Waals surface area contributed by atoms with E-state index in [9.17, 15) is 9.90 Å². The third-order valence-electron chi connectivity index (χ3n) is 4.60. The molecule has 0 aliphatic heterocycles. The van der Waals surface area contributed by atoms with Gasteiger partial charge in [0.1, 0.15) is 0 Å². The molecule has 2 aliphatic carbocycles. The zero-order valence-corrected chi connectivity index (χ0v) is 9.30. The van der Waals surface area contributed by atoms with Crippen LogP contribution in [0.5, 0.6) is 0 Å². The van der Waals surface area contributed by atoms with E-state index in [2.05, 4.69) is 0 Å². The van der Waals surface area contributed by atoms with Crippen molar-refractivity contribution in [1.29, 1.82) is 0 Å². The van der Waals surface area contributed by atoms with Crippen LogP contribution in [0.4, 0.5) is 0 Å². The molecule has 2 fully saturated rings. The van der Waals surface area contributed by atoms with E-state index in [-0.39, 0.29) is 5.41 Å². The van der Waals surface area contributed by atoms with Gasteiger partial charge in [-0.25, -0.2) is 0 Å². The van der Waals surface area contributed by atoms with Gasteiger partial charge in [-0.3, -0.25) is 4.79 Å². The quantitative estimate of drug-likeness (QED) is 0.735. The summed E-state index contributed by atoms with van der Waals surface area (Å²) < 4.78 is 0. The fourth-order valence-corrected chi connectivity index (χ4v) is 3.45. The molecule has 86 valence electrons. The summed E-state index contributed by atoms with van der Waals surface area (Å²) >= 11 is 0. The normalized spacial score (nSPS) is 34.5. The molecule has 0 bridgehead atoms. The number of rotatable bonds is 2. The number of hydrogen-bond acceptors (Lipinski definition) is 2. The average molecular weight is 211 g/mol. The van der Waals surface area contributed by atoms with Crippen LogP contribution < -0.4 is 5.73 Å². The maximum absolute atomic E-state index is 11.3. The van der Waals surface area contributed by atoms with E-state index >= 15 is 0 Å². The number of carboxylic acids is 1. The first-order valence-electron chi connectivity index (χ1n) is 6.10. The second-order valence-corrected chi connectivity index (χ2v) is 5.32. The monoisotopic (exact) mass is 211 g/mol. The molecular formula is C12H21NO2. The van der Waals surface area contributed by atoms with E-state index in [1.54, 1.807) is 0 Å². The molecular weight excluding hydrogens is 190 g/mol. The lowest BCUT2D eigenvalue weighted by Crippen LogP contribution is -2.32. The zero-order valence-electron chi connectivity index (χ0n) is 9.30. The second-order valence-electron chi connectivity index (χ2n) is 5.32. The number of hydrogen-bond donors (Lipinski definition) is 2. The molecule has 0 amide bonds. The highest BCUT2D eigenvalue weighted by atomic mass is 16.4. The van der Waals surface area contributed by atoms with Gasteiger partial charge in [-0.15, -0.1) is 0 Å². The predicted molar refractivity (Wildman–Crippen MR) is 58.5 cm³/mol. The molecule has 3 nitrogen and oxygen atoms in total. The Bertz CT molecular complexity index is 256. The molecule has 1 unspecified atom stereocenters. The Labute approximate surface area is 91.0 Å². The fourth-order valence-electron chi connectivity index (χ4n) is 3.45. The Balaban J connectivity index is 2.10. The maximum Gasteiger partial charge on any atom is 0.311 e. The van der Waals surface area contributed by atoms with Crippen LogP contribution in [0.15, 0.2) is 0 Å². The Hall–Kier alpha value is -0.570. The van der Waals surface area contributed by atoms with Gasteiger partial charge < -0.3 is 10.8 Å². The Morgan fingerprint density at radius 1 is 1.13 bits per heavy atom. The molecule has 0 aromatic heterocycles. The minimum Gasteiger partial charge on any atom is -0.481 e. The fraction of sp³-hybridized carbons (Fsp3) is 0.917. The minimum absolute atomic E-state index is 0.0635. The van der Waals surface area contributed by atoms with Crippen LogP contribution >= 0.6 is 0 Å². The minimum atomic E-state index is -0.662. The topological polar surface area (TPSA) is 63.3 Å². The van der Waals surface area contributed by atoms with Crippen LogP contribution in [0.2, 0.25) is 0 Å². The molecule has 3 N–H and O–H groups in total. The van der Waals surface area contributed by atoms with Crippen LogP contribution in [0.1, 0.15) is 51.4 Å². The van der Waals surface area contributed by atoms with Gasteiger partial charge in [-0.2, -0.15) is 0 Å². The Morgan fingerprint density at radius 2 is 1.67 bits per heavy atom. The van der Waals surface area contributed by atoms with E-state index in [0.29, 0.717) is 6.54 Å². The largest absolute Gasteiger partial charge is 0.481 e. The van der Waals surface area contributed by atoms with Crippen molar-refractivity contribution in [3.8, 4) is 0 Å². The van der Waals surface area contributed by atoms with Crippen LogP contribution in [0.3, 0.4) is 0 Å². The number of nitrogens with two attached hydrogens (primary N) is 1. The summed E-state index contributed by atoms with van der Waals surface area (Å²) in [5, 5.41) is 9.30. The number of carboxylic acid groups (broad SMARTS) is 1. The molecule has 2 aliphatic rings. The van der Waals surface area contributed by atoms with E-state index in [1.807, 2.05) is 0 Å². The lowest BCUT2D eigenvalue weighted by atomic mass is 9.81. The summed E-state index contributed by atoms with van der Waals surface area (Å²) in [6, 6.07) is 0. The molecule has 0 radical (unpaired) electrons. The third-order valence-corrected chi connectivity index (χ3v) is 4.60. The summed E-state index contributed by atoms with van der Waals surface area (Å²) in [7, 11) is 0. The summed E-state index contributed by atoms with van der Waals surface area (Å²) in [4.78, 5) is 11.3. The average Bonchev–Trinajstić information content (AvgIpc) is 2.83. The van der Waals surface area contributed by atoms with Crippen molar-refractivity contribution in [2.75, 3.05) is 6.54 Å². The standard InChI is InChI=1S/C12H21NO2/c13-9-12(10(14)15)8-11(12)6-4-2-1-3-5-7-11/h1-9,13H2,(H,14,15). The third kappa shape index (κ3) is 1.57. The van der Waals surface area contributed by atoms with E-state index in [4.69, 9.17) is 5.73 Å². The van der Waals surface area contributed by atoms with E-state index in [1.165, 1.54) is 32.1 Å². The van der Waals surface area contributed by atoms with Crippen molar-refractivity contribution in [2.45, 2.75) is 51.4 Å². The van der Waals surface area contributed by atoms with Gasteiger partial charge in [0.15, 0.2) is 0 Å². The lowest BCUT2D eigenvalue weighted by Gasteiger charge is -2.24. The SMILES string of the molecule is NCC1(C(=O)O)CC12CCCCCCC2. The molecule has 0 aromatic carbocycles. The number of aliphatic carboxylic acids is 1. The lowest BCUT2D eigenvalue weighted by molar-refractivity contribution is -0.144. The van der Waals surface area contributed by atoms with Gasteiger partial charge in [-0.05, 0) is 24.7 Å². The molecule has 15 heavy (non-hydrogen) atoms. The van der Waals surface area contributed by atoms with Gasteiger partial charge in [0.2, 0.25) is 0 Å². The summed E-state index contributed by atoms with van der Waals surface area (Å²) in [5.74, 6) is -0.662. The molecule has 1 atom stereocenters. The summed E-state index contributed by atoms with van der Waals surface area (Å²) in [5.41, 5.74) is 5.18. The molecule has 0 heterocycles. The summed E-state index contributed by atoms with van der Waals surface area (Å²) in [6.45, 7) is 0.322. The first kappa shape index (κ1) is 10.9. The van der Waals surface area contributed by atoms with Gasteiger partial charge in [0.25, 0.3) is 0 Å². The Morgan fingerprint density at radius 3 is 2.07 bits per heavy atom. The zero-order chi connectivity index (χ0) is 10.9. The first-order chi connectivity index (χ1) is 7.17. The van der Waals surface area contributed by atoms with Gasteiger partial charge >= 0.3 is 5.97 Å². The molecule has 2 saturated carbocycles. The smallest absolute Gasteiger partial charge is 0.311 e. The van der Waals surface area contributed by atoms with Crippen molar-refractivity contribution < 1.29 is 9.90 Å². The number of carbonyl (C=O) groups is 1. The van der Waals surface area contributed by atoms with Crippen molar-refractivity contribution in [3.05, 3.63) is 0 Å². The van der Waals surface area contributed by atoms with Crippen molar-refractivity contribution in [3.63, 3.8) is 0 Å². The maximum atomic E-state index is 11.3. The molecule has 3 heteroatoms. The van der Waals surface area contributed by atoms with Crippen molar-refractivity contribution in [1.82, 2.24) is 0 Å². The van der Waals surface area contributed by atoms with Crippen LogP contribution in [0, 0.1) is 10.8 Å². The van der Waals surface area contributed by atoms with Crippen molar-refractivity contribution in [2.24, 2.45) is 16.6 Å². The highest BCUT2D eigenvalue weighted by Gasteiger charge is 2.70. The summed E-state index contributed by atoms with van der Waals surface area (Å²) in [6.07, 6.45) is 9.21. The van der Waals surface area contributed by atoms with Crippen LogP contribution in [0.25, 0.3) is 0 Å². The molecule has 0 saturated heterocycles. The van der Waals surface area contributed by atoms with Gasteiger partial charge in [-0.1, -0.05) is 32.1 Å². The van der Waals surface area contributed by atoms with E-state index < -0.39 is 11.4 Å². The van der Waals surface area contributed by atoms with Crippen molar-refractivity contribution >= 4 is 5.97 Å². The highest BCUT2D eigenvalue weighted by Crippen LogP contribution is 2.69. The van der Waals surface area contributed by atoms with E-state index in [0.717, 1.165) is 19.3 Å². The Kier molecular flexibility index (Phi) is 2.75. The first-order valence-corrected chi connectivity index (χ1v) is 6.10.